The summed E-state index contributed by atoms with van der Waals surface area (Å²) < 4.78 is 10.5. The predicted octanol–water partition coefficient (Wildman–Crippen LogP) is 1.95. The number of hydrogen-bond acceptors (Lipinski definition) is 4. The van der Waals surface area contributed by atoms with Crippen LogP contribution in [0, 0.1) is 5.92 Å². The van der Waals surface area contributed by atoms with E-state index in [0.29, 0.717) is 19.6 Å². The van der Waals surface area contributed by atoms with E-state index in [0.717, 1.165) is 17.1 Å². The summed E-state index contributed by atoms with van der Waals surface area (Å²) in [5.74, 6) is 0.986. The largest absolute Gasteiger partial charge is 0.496 e. The fourth-order valence-corrected chi connectivity index (χ4v) is 2.87. The minimum absolute atomic E-state index is 0.0242. The van der Waals surface area contributed by atoms with Gasteiger partial charge in [-0.15, -0.1) is 0 Å². The van der Waals surface area contributed by atoms with Gasteiger partial charge in [-0.3, -0.25) is 9.59 Å². The fraction of sp³-hybridized carbons (Fsp3) is 0.333. The minimum Gasteiger partial charge on any atom is -0.496 e. The second kappa shape index (κ2) is 7.21. The molecule has 1 saturated heterocycles. The maximum absolute atomic E-state index is 12.4. The number of methoxy groups -OCH3 is 1. The molecule has 126 valence electrons. The van der Waals surface area contributed by atoms with Crippen molar-refractivity contribution < 1.29 is 18.7 Å². The van der Waals surface area contributed by atoms with Crippen LogP contribution in [0.3, 0.4) is 0 Å². The molecule has 0 saturated carbocycles. The van der Waals surface area contributed by atoms with Gasteiger partial charge in [-0.2, -0.15) is 0 Å². The number of para-hydroxylation sites is 1. The van der Waals surface area contributed by atoms with Gasteiger partial charge in [-0.25, -0.2) is 0 Å². The van der Waals surface area contributed by atoms with Crippen LogP contribution >= 0.6 is 0 Å². The van der Waals surface area contributed by atoms with Crippen LogP contribution in [0.2, 0.25) is 0 Å². The zero-order chi connectivity index (χ0) is 16.9. The summed E-state index contributed by atoms with van der Waals surface area (Å²) in [5.41, 5.74) is 0.908. The molecule has 24 heavy (non-hydrogen) atoms. The van der Waals surface area contributed by atoms with Crippen LogP contribution in [0.1, 0.15) is 17.7 Å². The van der Waals surface area contributed by atoms with Crippen molar-refractivity contribution in [1.29, 1.82) is 0 Å². The average molecular weight is 328 g/mol. The lowest BCUT2D eigenvalue weighted by atomic mass is 10.1. The predicted molar refractivity (Wildman–Crippen MR) is 87.1 cm³/mol. The van der Waals surface area contributed by atoms with Crippen molar-refractivity contribution in [3.8, 4) is 5.75 Å². The molecule has 0 spiro atoms. The van der Waals surface area contributed by atoms with Crippen LogP contribution in [-0.2, 0) is 22.7 Å². The van der Waals surface area contributed by atoms with Crippen LogP contribution in [0.25, 0.3) is 0 Å². The first-order valence-electron chi connectivity index (χ1n) is 7.87. The van der Waals surface area contributed by atoms with E-state index in [4.69, 9.17) is 9.15 Å². The van der Waals surface area contributed by atoms with E-state index >= 15 is 0 Å². The van der Waals surface area contributed by atoms with E-state index in [1.54, 1.807) is 24.3 Å². The highest BCUT2D eigenvalue weighted by Crippen LogP contribution is 2.21. The van der Waals surface area contributed by atoms with Crippen molar-refractivity contribution in [1.82, 2.24) is 10.2 Å². The fourth-order valence-electron chi connectivity index (χ4n) is 2.87. The average Bonchev–Trinajstić information content (AvgIpc) is 3.23. The molecule has 1 aromatic heterocycles. The first-order valence-corrected chi connectivity index (χ1v) is 7.87. The highest BCUT2D eigenvalue weighted by Gasteiger charge is 2.34. The molecule has 1 fully saturated rings. The number of rotatable bonds is 6. The molecule has 1 aliphatic rings. The maximum atomic E-state index is 12.4. The van der Waals surface area contributed by atoms with Gasteiger partial charge in [0, 0.05) is 25.1 Å². The summed E-state index contributed by atoms with van der Waals surface area (Å²) >= 11 is 0. The normalized spacial score (nSPS) is 17.1. The topological polar surface area (TPSA) is 71.8 Å². The van der Waals surface area contributed by atoms with Crippen molar-refractivity contribution in [3.05, 3.63) is 54.0 Å². The van der Waals surface area contributed by atoms with Gasteiger partial charge in [0.25, 0.3) is 0 Å². The first kappa shape index (κ1) is 16.1. The number of ether oxygens (including phenoxy) is 1. The number of carbonyl (C=O) groups is 2. The molecule has 2 heterocycles. The molecule has 1 aliphatic heterocycles. The van der Waals surface area contributed by atoms with Gasteiger partial charge in [-0.1, -0.05) is 18.2 Å². The summed E-state index contributed by atoms with van der Waals surface area (Å²) in [5, 5.41) is 2.89. The van der Waals surface area contributed by atoms with Gasteiger partial charge in [0.15, 0.2) is 0 Å². The van der Waals surface area contributed by atoms with Gasteiger partial charge in [0.1, 0.15) is 11.5 Å². The highest BCUT2D eigenvalue weighted by atomic mass is 16.5. The Labute approximate surface area is 140 Å². The van der Waals surface area contributed by atoms with Crippen LogP contribution in [0.5, 0.6) is 5.75 Å². The summed E-state index contributed by atoms with van der Waals surface area (Å²) in [6.45, 7) is 1.20. The SMILES string of the molecule is COc1ccccc1CNC(=O)C1CC(=O)N(Cc2ccco2)C1. The summed E-state index contributed by atoms with van der Waals surface area (Å²) in [6.07, 6.45) is 1.81. The molecule has 2 amide bonds. The Hall–Kier alpha value is -2.76. The zero-order valence-corrected chi connectivity index (χ0v) is 13.5. The standard InChI is InChI=1S/C18H20N2O4/c1-23-16-7-3-2-5-13(16)10-19-18(22)14-9-17(21)20(11-14)12-15-6-4-8-24-15/h2-8,14H,9-12H2,1H3,(H,19,22). The van der Waals surface area contributed by atoms with Crippen LogP contribution < -0.4 is 10.1 Å². The van der Waals surface area contributed by atoms with Crippen molar-refractivity contribution >= 4 is 11.8 Å². The molecule has 6 nitrogen and oxygen atoms in total. The van der Waals surface area contributed by atoms with Gasteiger partial charge in [-0.05, 0) is 18.2 Å². The van der Waals surface area contributed by atoms with Crippen molar-refractivity contribution in [2.24, 2.45) is 5.92 Å². The lowest BCUT2D eigenvalue weighted by Gasteiger charge is -2.15. The van der Waals surface area contributed by atoms with Crippen molar-refractivity contribution in [2.75, 3.05) is 13.7 Å². The Morgan fingerprint density at radius 1 is 1.33 bits per heavy atom. The van der Waals surface area contributed by atoms with Gasteiger partial charge < -0.3 is 19.4 Å². The quantitative estimate of drug-likeness (QED) is 0.880. The molecule has 1 unspecified atom stereocenters. The molecule has 1 aromatic carbocycles. The number of furan rings is 1. The number of nitrogens with zero attached hydrogens (tertiary/aromatic N) is 1. The summed E-state index contributed by atoms with van der Waals surface area (Å²) in [4.78, 5) is 26.1. The van der Waals surface area contributed by atoms with E-state index in [1.807, 2.05) is 30.3 Å². The minimum atomic E-state index is -0.331. The molecule has 0 bridgehead atoms. The smallest absolute Gasteiger partial charge is 0.225 e. The van der Waals surface area contributed by atoms with Crippen LogP contribution in [0.4, 0.5) is 0 Å². The second-order valence-electron chi connectivity index (χ2n) is 5.78. The van der Waals surface area contributed by atoms with Gasteiger partial charge >= 0.3 is 0 Å². The van der Waals surface area contributed by atoms with E-state index in [-0.39, 0.29) is 24.2 Å². The molecule has 3 rings (SSSR count). The Morgan fingerprint density at radius 3 is 2.92 bits per heavy atom. The monoisotopic (exact) mass is 328 g/mol. The lowest BCUT2D eigenvalue weighted by molar-refractivity contribution is -0.129. The van der Waals surface area contributed by atoms with Crippen molar-refractivity contribution in [3.63, 3.8) is 0 Å². The van der Waals surface area contributed by atoms with Crippen LogP contribution in [-0.4, -0.2) is 30.4 Å². The van der Waals surface area contributed by atoms with E-state index in [2.05, 4.69) is 5.32 Å². The third-order valence-corrected chi connectivity index (χ3v) is 4.16. The van der Waals surface area contributed by atoms with Crippen LogP contribution in [0.15, 0.2) is 47.1 Å². The molecule has 0 radical (unpaired) electrons. The number of amides is 2. The summed E-state index contributed by atoms with van der Waals surface area (Å²) in [6, 6.07) is 11.1. The number of nitrogens with one attached hydrogen (secondary N) is 1. The Balaban J connectivity index is 1.55. The zero-order valence-electron chi connectivity index (χ0n) is 13.5. The molecule has 2 aromatic rings. The number of carbonyl (C=O) groups excluding carboxylic acids is 2. The second-order valence-corrected chi connectivity index (χ2v) is 5.78. The maximum Gasteiger partial charge on any atom is 0.225 e. The molecular formula is C18H20N2O4. The Morgan fingerprint density at radius 2 is 2.17 bits per heavy atom. The number of benzene rings is 1. The molecule has 1 N–H and O–H groups in total. The highest BCUT2D eigenvalue weighted by molar-refractivity contribution is 5.89. The molecule has 0 aliphatic carbocycles. The van der Waals surface area contributed by atoms with Gasteiger partial charge in [0.05, 0.1) is 25.8 Å². The third-order valence-electron chi connectivity index (χ3n) is 4.16. The summed E-state index contributed by atoms with van der Waals surface area (Å²) in [7, 11) is 1.60. The molecule has 6 heteroatoms. The Kier molecular flexibility index (Phi) is 4.84. The van der Waals surface area contributed by atoms with E-state index < -0.39 is 0 Å². The van der Waals surface area contributed by atoms with E-state index in [1.165, 1.54) is 0 Å². The third kappa shape index (κ3) is 3.59. The number of hydrogen-bond donors (Lipinski definition) is 1. The van der Waals surface area contributed by atoms with Gasteiger partial charge in [0.2, 0.25) is 11.8 Å². The molecule has 1 atom stereocenters. The Bertz CT molecular complexity index is 712. The van der Waals surface area contributed by atoms with E-state index in [9.17, 15) is 9.59 Å². The number of likely N-dealkylation sites (tertiary alicyclic amines) is 1. The first-order chi connectivity index (χ1) is 11.7. The molecular weight excluding hydrogens is 308 g/mol. The van der Waals surface area contributed by atoms with Crippen molar-refractivity contribution in [2.45, 2.75) is 19.5 Å². The lowest BCUT2D eigenvalue weighted by Crippen LogP contribution is -2.32.